The third-order valence-corrected chi connectivity index (χ3v) is 3.51. The molecule has 0 aliphatic heterocycles. The molecule has 1 atom stereocenters. The molecule has 0 aromatic heterocycles. The first-order valence-corrected chi connectivity index (χ1v) is 8.23. The molecule has 5 heteroatoms. The van der Waals surface area contributed by atoms with E-state index in [-0.39, 0.29) is 18.2 Å². The van der Waals surface area contributed by atoms with Gasteiger partial charge in [-0.05, 0) is 36.8 Å². The number of rotatable bonds is 7. The predicted molar refractivity (Wildman–Crippen MR) is 85.3 cm³/mol. The summed E-state index contributed by atoms with van der Waals surface area (Å²) in [7, 11) is 0. The lowest BCUT2D eigenvalue weighted by Crippen LogP contribution is -2.40. The zero-order valence-corrected chi connectivity index (χ0v) is 13.8. The van der Waals surface area contributed by atoms with Crippen molar-refractivity contribution in [1.82, 2.24) is 5.32 Å². The van der Waals surface area contributed by atoms with Crippen molar-refractivity contribution in [3.05, 3.63) is 29.8 Å². The number of carbonyl (C=O) groups excluding carboxylic acids is 2. The highest BCUT2D eigenvalue weighted by Gasteiger charge is 2.17. The maximum Gasteiger partial charge on any atom is 0.328 e. The van der Waals surface area contributed by atoms with E-state index < -0.39 is 12.0 Å². The number of benzene rings is 1. The van der Waals surface area contributed by atoms with Crippen LogP contribution in [0.25, 0.3) is 0 Å². The molecule has 0 heterocycles. The second-order valence-electron chi connectivity index (χ2n) is 5.34. The van der Waals surface area contributed by atoms with Crippen LogP contribution in [-0.2, 0) is 20.7 Å². The molecule has 0 saturated heterocycles. The average Bonchev–Trinajstić information content (AvgIpc) is 2.44. The molecule has 0 fully saturated rings. The number of hydrogen-bond donors (Lipinski definition) is 1. The Kier molecular flexibility index (Phi) is 7.29. The van der Waals surface area contributed by atoms with Crippen molar-refractivity contribution in [3.8, 4) is 0 Å². The fraction of sp³-hybridized carbons (Fsp3) is 0.500. The van der Waals surface area contributed by atoms with E-state index in [1.165, 1.54) is 0 Å². The minimum Gasteiger partial charge on any atom is -0.464 e. The van der Waals surface area contributed by atoms with Gasteiger partial charge in [0.1, 0.15) is 6.04 Å². The highest BCUT2D eigenvalue weighted by atomic mass is 32.2. The minimum atomic E-state index is -0.625. The summed E-state index contributed by atoms with van der Waals surface area (Å²) in [5.74, 6) is -0.289. The van der Waals surface area contributed by atoms with Crippen molar-refractivity contribution in [2.75, 3.05) is 12.9 Å². The van der Waals surface area contributed by atoms with Gasteiger partial charge in [0.25, 0.3) is 0 Å². The molecule has 0 radical (unpaired) electrons. The van der Waals surface area contributed by atoms with E-state index in [0.717, 1.165) is 10.5 Å². The van der Waals surface area contributed by atoms with Gasteiger partial charge in [0.2, 0.25) is 5.91 Å². The van der Waals surface area contributed by atoms with Crippen LogP contribution in [0.5, 0.6) is 0 Å². The molecule has 1 amide bonds. The van der Waals surface area contributed by atoms with Crippen molar-refractivity contribution in [3.63, 3.8) is 0 Å². The second kappa shape index (κ2) is 8.72. The molecule has 0 aliphatic carbocycles. The molecule has 0 saturated carbocycles. The SMILES string of the molecule is CSc1cccc(CC(=O)NC(C)C(=O)OCC(C)C)c1. The van der Waals surface area contributed by atoms with Gasteiger partial charge in [-0.25, -0.2) is 4.79 Å². The topological polar surface area (TPSA) is 55.4 Å². The summed E-state index contributed by atoms with van der Waals surface area (Å²) in [6.45, 7) is 5.94. The molecule has 0 bridgehead atoms. The van der Waals surface area contributed by atoms with Crippen LogP contribution in [-0.4, -0.2) is 30.8 Å². The first-order valence-electron chi connectivity index (χ1n) is 7.01. The van der Waals surface area contributed by atoms with Crippen molar-refractivity contribution >= 4 is 23.6 Å². The van der Waals surface area contributed by atoms with E-state index in [0.29, 0.717) is 6.61 Å². The van der Waals surface area contributed by atoms with Gasteiger partial charge < -0.3 is 10.1 Å². The summed E-state index contributed by atoms with van der Waals surface area (Å²) in [6.07, 6.45) is 2.25. The second-order valence-corrected chi connectivity index (χ2v) is 6.22. The molecule has 0 spiro atoms. The van der Waals surface area contributed by atoms with E-state index in [4.69, 9.17) is 4.74 Å². The van der Waals surface area contributed by atoms with Crippen molar-refractivity contribution in [1.29, 1.82) is 0 Å². The van der Waals surface area contributed by atoms with Crippen LogP contribution in [0.3, 0.4) is 0 Å². The lowest BCUT2D eigenvalue weighted by atomic mass is 10.1. The third kappa shape index (κ3) is 6.67. The van der Waals surface area contributed by atoms with Gasteiger partial charge in [-0.15, -0.1) is 11.8 Å². The van der Waals surface area contributed by atoms with Gasteiger partial charge in [-0.1, -0.05) is 26.0 Å². The number of carbonyl (C=O) groups is 2. The van der Waals surface area contributed by atoms with Gasteiger partial charge in [0, 0.05) is 4.90 Å². The molecule has 0 aliphatic rings. The van der Waals surface area contributed by atoms with E-state index >= 15 is 0 Å². The van der Waals surface area contributed by atoms with Gasteiger partial charge in [-0.3, -0.25) is 4.79 Å². The average molecular weight is 309 g/mol. The molecule has 1 aromatic carbocycles. The maximum atomic E-state index is 11.9. The molecule has 21 heavy (non-hydrogen) atoms. The minimum absolute atomic E-state index is 0.178. The van der Waals surface area contributed by atoms with Crippen LogP contribution in [0.1, 0.15) is 26.3 Å². The highest BCUT2D eigenvalue weighted by molar-refractivity contribution is 7.98. The maximum absolute atomic E-state index is 11.9. The van der Waals surface area contributed by atoms with Crippen molar-refractivity contribution < 1.29 is 14.3 Å². The zero-order valence-electron chi connectivity index (χ0n) is 13.0. The summed E-state index contributed by atoms with van der Waals surface area (Å²) in [6, 6.07) is 7.18. The van der Waals surface area contributed by atoms with Crippen LogP contribution in [0.4, 0.5) is 0 Å². The Morgan fingerprint density at radius 3 is 2.62 bits per heavy atom. The normalized spacial score (nSPS) is 12.0. The molecule has 1 unspecified atom stereocenters. The summed E-state index contributed by atoms with van der Waals surface area (Å²) >= 11 is 1.63. The molecule has 1 N–H and O–H groups in total. The zero-order chi connectivity index (χ0) is 15.8. The Hall–Kier alpha value is -1.49. The van der Waals surface area contributed by atoms with E-state index in [9.17, 15) is 9.59 Å². The Labute approximate surface area is 130 Å². The summed E-state index contributed by atoms with van der Waals surface area (Å²) in [5, 5.41) is 2.67. The largest absolute Gasteiger partial charge is 0.464 e. The fourth-order valence-corrected chi connectivity index (χ4v) is 2.18. The van der Waals surface area contributed by atoms with E-state index in [1.54, 1.807) is 18.7 Å². The van der Waals surface area contributed by atoms with Gasteiger partial charge in [-0.2, -0.15) is 0 Å². The lowest BCUT2D eigenvalue weighted by Gasteiger charge is -2.14. The number of hydrogen-bond acceptors (Lipinski definition) is 4. The number of thioether (sulfide) groups is 1. The Morgan fingerprint density at radius 1 is 1.29 bits per heavy atom. The van der Waals surface area contributed by atoms with Gasteiger partial charge >= 0.3 is 5.97 Å². The number of nitrogens with one attached hydrogen (secondary N) is 1. The standard InChI is InChI=1S/C16H23NO3S/c1-11(2)10-20-16(19)12(3)17-15(18)9-13-6-5-7-14(8-13)21-4/h5-8,11-12H,9-10H2,1-4H3,(H,17,18). The lowest BCUT2D eigenvalue weighted by molar-refractivity contribution is -0.148. The Morgan fingerprint density at radius 2 is 2.00 bits per heavy atom. The predicted octanol–water partition coefficient (Wildman–Crippen LogP) is 2.65. The first kappa shape index (κ1) is 17.6. The van der Waals surface area contributed by atoms with E-state index in [2.05, 4.69) is 5.32 Å². The van der Waals surface area contributed by atoms with Crippen LogP contribution < -0.4 is 5.32 Å². The van der Waals surface area contributed by atoms with Gasteiger partial charge in [0.05, 0.1) is 13.0 Å². The highest BCUT2D eigenvalue weighted by Crippen LogP contribution is 2.16. The number of esters is 1. The first-order chi connectivity index (χ1) is 9.92. The molecule has 4 nitrogen and oxygen atoms in total. The molecule has 1 rings (SSSR count). The van der Waals surface area contributed by atoms with Gasteiger partial charge in [0.15, 0.2) is 0 Å². The van der Waals surface area contributed by atoms with Crippen LogP contribution in [0, 0.1) is 5.92 Å². The smallest absolute Gasteiger partial charge is 0.328 e. The van der Waals surface area contributed by atoms with Crippen LogP contribution >= 0.6 is 11.8 Å². The third-order valence-electron chi connectivity index (χ3n) is 2.79. The quantitative estimate of drug-likeness (QED) is 0.621. The van der Waals surface area contributed by atoms with Crippen molar-refractivity contribution in [2.45, 2.75) is 38.1 Å². The number of amides is 1. The van der Waals surface area contributed by atoms with Crippen molar-refractivity contribution in [2.24, 2.45) is 5.92 Å². The number of ether oxygens (including phenoxy) is 1. The monoisotopic (exact) mass is 309 g/mol. The fourth-order valence-electron chi connectivity index (χ4n) is 1.69. The Balaban J connectivity index is 2.47. The van der Waals surface area contributed by atoms with Crippen LogP contribution in [0.2, 0.25) is 0 Å². The molecular weight excluding hydrogens is 286 g/mol. The molecular formula is C16H23NO3S. The summed E-state index contributed by atoms with van der Waals surface area (Å²) in [5.41, 5.74) is 0.932. The summed E-state index contributed by atoms with van der Waals surface area (Å²) in [4.78, 5) is 24.8. The van der Waals surface area contributed by atoms with Crippen LogP contribution in [0.15, 0.2) is 29.2 Å². The molecule has 116 valence electrons. The molecule has 1 aromatic rings. The summed E-state index contributed by atoms with van der Waals surface area (Å²) < 4.78 is 5.10. The Bertz CT molecular complexity index is 488. The van der Waals surface area contributed by atoms with E-state index in [1.807, 2.05) is 44.4 Å².